The Labute approximate surface area is 161 Å². The van der Waals surface area contributed by atoms with Crippen LogP contribution in [0.5, 0.6) is 0 Å². The third-order valence-corrected chi connectivity index (χ3v) is 6.08. The second-order valence-corrected chi connectivity index (χ2v) is 8.00. The Hall–Kier alpha value is -3.04. The van der Waals surface area contributed by atoms with Gasteiger partial charge in [0.25, 0.3) is 5.69 Å². The smallest absolute Gasteiger partial charge is 0.284 e. The Kier molecular flexibility index (Phi) is 4.46. The van der Waals surface area contributed by atoms with Crippen LogP contribution in [-0.4, -0.2) is 25.2 Å². The second kappa shape index (κ2) is 6.93. The van der Waals surface area contributed by atoms with Crippen molar-refractivity contribution in [3.63, 3.8) is 0 Å². The summed E-state index contributed by atoms with van der Waals surface area (Å²) < 4.78 is 3.31. The van der Waals surface area contributed by atoms with E-state index in [1.54, 1.807) is 29.9 Å². The molecule has 0 amide bonds. The standard InChI is InChI=1S/C18H12N4O3S2/c1-21-9-8-19-17(21)16(23)11-6-7-15(13(10-11)22(24)25)27-18-20-12-4-2-3-5-14(12)26-18/h2-10H,1H3. The van der Waals surface area contributed by atoms with E-state index in [2.05, 4.69) is 9.97 Å². The van der Waals surface area contributed by atoms with Crippen LogP contribution in [-0.2, 0) is 7.05 Å². The minimum absolute atomic E-state index is 0.126. The first-order valence-electron chi connectivity index (χ1n) is 7.87. The van der Waals surface area contributed by atoms with Crippen LogP contribution in [0.3, 0.4) is 0 Å². The van der Waals surface area contributed by atoms with E-state index >= 15 is 0 Å². The molecule has 0 aliphatic carbocycles. The van der Waals surface area contributed by atoms with Gasteiger partial charge in [-0.3, -0.25) is 14.9 Å². The largest absolute Gasteiger partial charge is 0.331 e. The number of nitrogens with zero attached hydrogens (tertiary/aromatic N) is 4. The molecule has 2 aromatic carbocycles. The summed E-state index contributed by atoms with van der Waals surface area (Å²) in [7, 11) is 1.70. The number of imidazole rings is 1. The van der Waals surface area contributed by atoms with Crippen molar-refractivity contribution in [2.24, 2.45) is 7.05 Å². The summed E-state index contributed by atoms with van der Waals surface area (Å²) in [5.41, 5.74) is 0.957. The number of carbonyl (C=O) groups is 1. The molecule has 2 heterocycles. The van der Waals surface area contributed by atoms with Crippen molar-refractivity contribution in [1.82, 2.24) is 14.5 Å². The number of benzene rings is 2. The minimum Gasteiger partial charge on any atom is -0.331 e. The van der Waals surface area contributed by atoms with E-state index in [-0.39, 0.29) is 22.9 Å². The number of fused-ring (bicyclic) bond motifs is 1. The van der Waals surface area contributed by atoms with Gasteiger partial charge in [0.15, 0.2) is 10.2 Å². The van der Waals surface area contributed by atoms with Gasteiger partial charge in [0.1, 0.15) is 0 Å². The van der Waals surface area contributed by atoms with Gasteiger partial charge in [0.05, 0.1) is 20.0 Å². The van der Waals surface area contributed by atoms with Gasteiger partial charge in [-0.15, -0.1) is 11.3 Å². The fourth-order valence-electron chi connectivity index (χ4n) is 2.59. The van der Waals surface area contributed by atoms with E-state index in [9.17, 15) is 14.9 Å². The number of nitro benzene ring substituents is 1. The molecule has 9 heteroatoms. The number of carbonyl (C=O) groups excluding carboxylic acids is 1. The SMILES string of the molecule is Cn1ccnc1C(=O)c1ccc(Sc2nc3ccccc3s2)c([N+](=O)[O-])c1. The predicted octanol–water partition coefficient (Wildman–Crippen LogP) is 4.32. The highest BCUT2D eigenvalue weighted by molar-refractivity contribution is 8.01. The molecule has 0 radical (unpaired) electrons. The maximum Gasteiger partial charge on any atom is 0.284 e. The van der Waals surface area contributed by atoms with Crippen molar-refractivity contribution in [3.05, 3.63) is 76.4 Å². The monoisotopic (exact) mass is 396 g/mol. The second-order valence-electron chi connectivity index (χ2n) is 5.68. The highest BCUT2D eigenvalue weighted by Crippen LogP contribution is 2.39. The molecular weight excluding hydrogens is 384 g/mol. The van der Waals surface area contributed by atoms with Crippen LogP contribution < -0.4 is 0 Å². The Morgan fingerprint density at radius 3 is 2.78 bits per heavy atom. The molecule has 2 aromatic heterocycles. The van der Waals surface area contributed by atoms with Crippen molar-refractivity contribution in [2.75, 3.05) is 0 Å². The van der Waals surface area contributed by atoms with E-state index in [1.807, 2.05) is 24.3 Å². The van der Waals surface area contributed by atoms with E-state index in [1.165, 1.54) is 35.4 Å². The zero-order valence-corrected chi connectivity index (χ0v) is 15.7. The van der Waals surface area contributed by atoms with Crippen molar-refractivity contribution >= 4 is 44.8 Å². The van der Waals surface area contributed by atoms with Crippen molar-refractivity contribution < 1.29 is 9.72 Å². The molecule has 0 aliphatic rings. The lowest BCUT2D eigenvalue weighted by Gasteiger charge is -2.04. The number of aromatic nitrogens is 3. The molecule has 0 N–H and O–H groups in total. The Morgan fingerprint density at radius 2 is 2.07 bits per heavy atom. The van der Waals surface area contributed by atoms with Crippen LogP contribution in [0.2, 0.25) is 0 Å². The topological polar surface area (TPSA) is 90.9 Å². The number of aryl methyl sites for hydroxylation is 1. The average Bonchev–Trinajstić information content (AvgIpc) is 3.26. The molecule has 0 spiro atoms. The van der Waals surface area contributed by atoms with Crippen LogP contribution in [0.4, 0.5) is 5.69 Å². The molecular formula is C18H12N4O3S2. The summed E-state index contributed by atoms with van der Waals surface area (Å²) in [6.45, 7) is 0. The van der Waals surface area contributed by atoms with E-state index < -0.39 is 4.92 Å². The average molecular weight is 396 g/mol. The van der Waals surface area contributed by atoms with Crippen molar-refractivity contribution in [3.8, 4) is 0 Å². The van der Waals surface area contributed by atoms with Gasteiger partial charge in [-0.25, -0.2) is 9.97 Å². The zero-order valence-electron chi connectivity index (χ0n) is 14.0. The van der Waals surface area contributed by atoms with E-state index in [0.29, 0.717) is 9.24 Å². The van der Waals surface area contributed by atoms with Crippen LogP contribution >= 0.6 is 23.1 Å². The van der Waals surface area contributed by atoms with Gasteiger partial charge in [-0.1, -0.05) is 23.9 Å². The van der Waals surface area contributed by atoms with Crippen molar-refractivity contribution in [2.45, 2.75) is 9.24 Å². The molecule has 4 aromatic rings. The highest BCUT2D eigenvalue weighted by atomic mass is 32.2. The molecule has 27 heavy (non-hydrogen) atoms. The van der Waals surface area contributed by atoms with Gasteiger partial charge < -0.3 is 4.57 Å². The third-order valence-electron chi connectivity index (χ3n) is 3.91. The highest BCUT2D eigenvalue weighted by Gasteiger charge is 2.22. The van der Waals surface area contributed by atoms with Gasteiger partial charge in [-0.2, -0.15) is 0 Å². The number of ketones is 1. The van der Waals surface area contributed by atoms with E-state index in [0.717, 1.165) is 10.2 Å². The summed E-state index contributed by atoms with van der Waals surface area (Å²) in [5, 5.41) is 11.6. The van der Waals surface area contributed by atoms with Crippen LogP contribution in [0.1, 0.15) is 16.2 Å². The molecule has 0 bridgehead atoms. The Bertz CT molecular complexity index is 1150. The van der Waals surface area contributed by atoms with Crippen LogP contribution in [0.25, 0.3) is 10.2 Å². The molecule has 0 aliphatic heterocycles. The molecule has 0 atom stereocenters. The van der Waals surface area contributed by atoms with Crippen molar-refractivity contribution in [1.29, 1.82) is 0 Å². The Balaban J connectivity index is 1.70. The lowest BCUT2D eigenvalue weighted by Crippen LogP contribution is -2.09. The number of hydrogen-bond acceptors (Lipinski definition) is 7. The first-order chi connectivity index (χ1) is 13.0. The molecule has 7 nitrogen and oxygen atoms in total. The quantitative estimate of drug-likeness (QED) is 0.283. The zero-order chi connectivity index (χ0) is 19.0. The van der Waals surface area contributed by atoms with Gasteiger partial charge in [0, 0.05) is 31.1 Å². The molecule has 0 saturated heterocycles. The molecule has 4 rings (SSSR count). The van der Waals surface area contributed by atoms with Gasteiger partial charge in [-0.05, 0) is 24.3 Å². The Morgan fingerprint density at radius 1 is 1.26 bits per heavy atom. The number of para-hydroxylation sites is 1. The molecule has 0 unspecified atom stereocenters. The van der Waals surface area contributed by atoms with Gasteiger partial charge in [0.2, 0.25) is 5.78 Å². The van der Waals surface area contributed by atoms with E-state index in [4.69, 9.17) is 0 Å². The normalized spacial score (nSPS) is 11.0. The summed E-state index contributed by atoms with van der Waals surface area (Å²) >= 11 is 2.69. The molecule has 0 fully saturated rings. The lowest BCUT2D eigenvalue weighted by molar-refractivity contribution is -0.387. The molecule has 134 valence electrons. The first kappa shape index (κ1) is 17.4. The predicted molar refractivity (Wildman–Crippen MR) is 103 cm³/mol. The first-order valence-corrected chi connectivity index (χ1v) is 9.50. The number of rotatable bonds is 5. The lowest BCUT2D eigenvalue weighted by atomic mass is 10.1. The minimum atomic E-state index is -0.481. The maximum absolute atomic E-state index is 12.6. The summed E-state index contributed by atoms with van der Waals surface area (Å²) in [4.78, 5) is 32.6. The number of thiazole rings is 1. The number of nitro groups is 1. The number of hydrogen-bond donors (Lipinski definition) is 0. The van der Waals surface area contributed by atoms with Crippen LogP contribution in [0.15, 0.2) is 64.1 Å². The third kappa shape index (κ3) is 3.34. The molecule has 0 saturated carbocycles. The summed E-state index contributed by atoms with van der Waals surface area (Å²) in [5.74, 6) is -0.127. The maximum atomic E-state index is 12.6. The van der Waals surface area contributed by atoms with Gasteiger partial charge >= 0.3 is 0 Å². The summed E-state index contributed by atoms with van der Waals surface area (Å²) in [6.07, 6.45) is 3.16. The summed E-state index contributed by atoms with van der Waals surface area (Å²) in [6, 6.07) is 12.2. The van der Waals surface area contributed by atoms with Crippen LogP contribution in [0, 0.1) is 10.1 Å². The fourth-order valence-corrected chi connectivity index (χ4v) is 4.70. The fraction of sp³-hybridized carbons (Fsp3) is 0.0556.